The largest absolute Gasteiger partial charge is 0.350 e. The summed E-state index contributed by atoms with van der Waals surface area (Å²) in [7, 11) is 1.90. The van der Waals surface area contributed by atoms with Crippen molar-refractivity contribution in [3.8, 4) is 0 Å². The predicted octanol–water partition coefficient (Wildman–Crippen LogP) is 1.12. The lowest BCUT2D eigenvalue weighted by Crippen LogP contribution is -2.49. The highest BCUT2D eigenvalue weighted by Crippen LogP contribution is 2.05. The van der Waals surface area contributed by atoms with E-state index in [9.17, 15) is 4.79 Å². The molecule has 0 radical (unpaired) electrons. The smallest absolute Gasteiger partial charge is 0.237 e. The molecule has 1 amide bonds. The molecule has 0 fully saturated rings. The molecule has 0 bridgehead atoms. The number of nitrogens with zero attached hydrogens (tertiary/aromatic N) is 2. The predicted molar refractivity (Wildman–Crippen MR) is 72.1 cm³/mol. The third-order valence-corrected chi connectivity index (χ3v) is 2.61. The average molecular weight is 252 g/mol. The van der Waals surface area contributed by atoms with E-state index >= 15 is 0 Å². The fourth-order valence-corrected chi connectivity index (χ4v) is 1.66. The number of aromatic nitrogens is 2. The second kappa shape index (κ2) is 5.52. The van der Waals surface area contributed by atoms with Gasteiger partial charge in [0.05, 0.1) is 11.7 Å². The summed E-state index contributed by atoms with van der Waals surface area (Å²) in [6.07, 6.45) is 1.97. The minimum absolute atomic E-state index is 0.0176. The summed E-state index contributed by atoms with van der Waals surface area (Å²) in [5.74, 6) is 0.0176. The van der Waals surface area contributed by atoms with Gasteiger partial charge < -0.3 is 10.6 Å². The fraction of sp³-hybridized carbons (Fsp3) is 0.692. The Labute approximate surface area is 109 Å². The third kappa shape index (κ3) is 4.49. The van der Waals surface area contributed by atoms with Crippen LogP contribution in [0.4, 0.5) is 0 Å². The zero-order chi connectivity index (χ0) is 13.9. The number of hydrogen-bond donors (Lipinski definition) is 2. The highest BCUT2D eigenvalue weighted by molar-refractivity contribution is 5.81. The van der Waals surface area contributed by atoms with E-state index < -0.39 is 0 Å². The second-order valence-electron chi connectivity index (χ2n) is 5.76. The zero-order valence-electron chi connectivity index (χ0n) is 12.2. The Morgan fingerprint density at radius 3 is 2.56 bits per heavy atom. The van der Waals surface area contributed by atoms with Crippen LogP contribution in [0.25, 0.3) is 0 Å². The van der Waals surface area contributed by atoms with Gasteiger partial charge in [-0.25, -0.2) is 0 Å². The topological polar surface area (TPSA) is 59.0 Å². The average Bonchev–Trinajstić information content (AvgIpc) is 2.51. The van der Waals surface area contributed by atoms with Gasteiger partial charge in [0.2, 0.25) is 5.91 Å². The minimum atomic E-state index is -0.219. The maximum absolute atomic E-state index is 11.9. The van der Waals surface area contributed by atoms with Crippen molar-refractivity contribution in [2.75, 3.05) is 0 Å². The van der Waals surface area contributed by atoms with Crippen molar-refractivity contribution >= 4 is 5.91 Å². The molecule has 0 aliphatic carbocycles. The molecule has 0 saturated heterocycles. The van der Waals surface area contributed by atoms with Crippen LogP contribution in [0.2, 0.25) is 0 Å². The zero-order valence-corrected chi connectivity index (χ0v) is 12.2. The Hall–Kier alpha value is -1.36. The van der Waals surface area contributed by atoms with Crippen LogP contribution in [-0.2, 0) is 18.4 Å². The second-order valence-corrected chi connectivity index (χ2v) is 5.76. The van der Waals surface area contributed by atoms with E-state index in [1.165, 1.54) is 0 Å². The van der Waals surface area contributed by atoms with E-state index in [0.29, 0.717) is 6.54 Å². The van der Waals surface area contributed by atoms with Crippen molar-refractivity contribution < 1.29 is 4.79 Å². The molecule has 1 rings (SSSR count). The van der Waals surface area contributed by atoms with Gasteiger partial charge in [-0.05, 0) is 34.6 Å². The van der Waals surface area contributed by atoms with E-state index in [0.717, 1.165) is 11.3 Å². The molecular weight excluding hydrogens is 228 g/mol. The molecule has 2 N–H and O–H groups in total. The van der Waals surface area contributed by atoms with E-state index in [2.05, 4.69) is 15.7 Å². The van der Waals surface area contributed by atoms with Crippen molar-refractivity contribution in [3.63, 3.8) is 0 Å². The highest BCUT2D eigenvalue weighted by atomic mass is 16.2. The van der Waals surface area contributed by atoms with Gasteiger partial charge in [0, 0.05) is 30.9 Å². The molecule has 1 unspecified atom stereocenters. The summed E-state index contributed by atoms with van der Waals surface area (Å²) in [4.78, 5) is 11.9. The number of hydrogen-bond acceptors (Lipinski definition) is 3. The molecule has 0 aromatic carbocycles. The summed E-state index contributed by atoms with van der Waals surface area (Å²) < 4.78 is 1.78. The molecule has 5 nitrogen and oxygen atoms in total. The van der Waals surface area contributed by atoms with Crippen molar-refractivity contribution in [1.29, 1.82) is 0 Å². The van der Waals surface area contributed by atoms with Crippen LogP contribution in [0.5, 0.6) is 0 Å². The Morgan fingerprint density at radius 2 is 2.11 bits per heavy atom. The maximum Gasteiger partial charge on any atom is 0.237 e. The number of nitrogens with one attached hydrogen (secondary N) is 2. The Kier molecular flexibility index (Phi) is 4.51. The van der Waals surface area contributed by atoms with Gasteiger partial charge in [0.25, 0.3) is 0 Å². The molecule has 1 aromatic rings. The number of carbonyl (C=O) groups is 1. The standard InChI is InChI=1S/C13H24N4O/c1-9-11(8-17(6)16-9)7-14-10(2)12(18)15-13(3,4)5/h8,10,14H,7H2,1-6H3,(H,15,18). The van der Waals surface area contributed by atoms with Crippen LogP contribution in [0.15, 0.2) is 6.20 Å². The molecule has 0 spiro atoms. The van der Waals surface area contributed by atoms with E-state index in [4.69, 9.17) is 0 Å². The SMILES string of the molecule is Cc1nn(C)cc1CNC(C)C(=O)NC(C)(C)C. The normalized spacial score (nSPS) is 13.4. The number of rotatable bonds is 4. The van der Waals surface area contributed by atoms with Gasteiger partial charge in [-0.3, -0.25) is 9.48 Å². The van der Waals surface area contributed by atoms with E-state index in [1.54, 1.807) is 4.68 Å². The van der Waals surface area contributed by atoms with E-state index in [1.807, 2.05) is 47.9 Å². The highest BCUT2D eigenvalue weighted by Gasteiger charge is 2.19. The Morgan fingerprint density at radius 1 is 1.50 bits per heavy atom. The van der Waals surface area contributed by atoms with Crippen LogP contribution in [0, 0.1) is 6.92 Å². The van der Waals surface area contributed by atoms with Crippen molar-refractivity contribution in [2.24, 2.45) is 7.05 Å². The Balaban J connectivity index is 2.48. The molecule has 0 aliphatic heterocycles. The van der Waals surface area contributed by atoms with Crippen LogP contribution >= 0.6 is 0 Å². The Bertz CT molecular complexity index is 417. The summed E-state index contributed by atoms with van der Waals surface area (Å²) in [6, 6.07) is -0.219. The van der Waals surface area contributed by atoms with Crippen LogP contribution < -0.4 is 10.6 Å². The van der Waals surface area contributed by atoms with Gasteiger partial charge in [0.15, 0.2) is 0 Å². The van der Waals surface area contributed by atoms with Gasteiger partial charge >= 0.3 is 0 Å². The van der Waals surface area contributed by atoms with Gasteiger partial charge in [-0.2, -0.15) is 5.10 Å². The number of aryl methyl sites for hydroxylation is 2. The first kappa shape index (κ1) is 14.7. The molecule has 1 aromatic heterocycles. The first-order valence-electron chi connectivity index (χ1n) is 6.23. The molecule has 102 valence electrons. The molecule has 18 heavy (non-hydrogen) atoms. The monoisotopic (exact) mass is 252 g/mol. The molecule has 1 heterocycles. The van der Waals surface area contributed by atoms with Crippen molar-refractivity contribution in [2.45, 2.75) is 52.7 Å². The summed E-state index contributed by atoms with van der Waals surface area (Å²) in [6.45, 7) is 10.4. The number of carbonyl (C=O) groups excluding carboxylic acids is 1. The van der Waals surface area contributed by atoms with Crippen LogP contribution in [0.1, 0.15) is 39.0 Å². The van der Waals surface area contributed by atoms with Gasteiger partial charge in [-0.1, -0.05) is 0 Å². The van der Waals surface area contributed by atoms with Crippen molar-refractivity contribution in [3.05, 3.63) is 17.5 Å². The summed E-state index contributed by atoms with van der Waals surface area (Å²) in [5.41, 5.74) is 1.92. The van der Waals surface area contributed by atoms with Crippen LogP contribution in [-0.4, -0.2) is 27.3 Å². The van der Waals surface area contributed by atoms with Crippen molar-refractivity contribution in [1.82, 2.24) is 20.4 Å². The number of amides is 1. The lowest BCUT2D eigenvalue weighted by molar-refractivity contribution is -0.124. The first-order chi connectivity index (χ1) is 8.19. The fourth-order valence-electron chi connectivity index (χ4n) is 1.66. The summed E-state index contributed by atoms with van der Waals surface area (Å²) >= 11 is 0. The molecular formula is C13H24N4O. The third-order valence-electron chi connectivity index (χ3n) is 2.61. The maximum atomic E-state index is 11.9. The van der Waals surface area contributed by atoms with Crippen LogP contribution in [0.3, 0.4) is 0 Å². The molecule has 0 saturated carbocycles. The van der Waals surface area contributed by atoms with E-state index in [-0.39, 0.29) is 17.5 Å². The quantitative estimate of drug-likeness (QED) is 0.844. The molecule has 0 aliphatic rings. The lowest BCUT2D eigenvalue weighted by Gasteiger charge is -2.23. The summed E-state index contributed by atoms with van der Waals surface area (Å²) in [5, 5.41) is 10.4. The van der Waals surface area contributed by atoms with Gasteiger partial charge in [0.1, 0.15) is 0 Å². The molecule has 5 heteroatoms. The first-order valence-corrected chi connectivity index (χ1v) is 6.23. The lowest BCUT2D eigenvalue weighted by atomic mass is 10.1. The molecule has 1 atom stereocenters. The minimum Gasteiger partial charge on any atom is -0.350 e. The van der Waals surface area contributed by atoms with Gasteiger partial charge in [-0.15, -0.1) is 0 Å².